The fourth-order valence-corrected chi connectivity index (χ4v) is 7.71. The molecular weight excluding hydrogens is 788 g/mol. The van der Waals surface area contributed by atoms with E-state index in [1.165, 1.54) is 37.9 Å². The van der Waals surface area contributed by atoms with Crippen molar-refractivity contribution in [3.05, 3.63) is 52.6 Å². The van der Waals surface area contributed by atoms with E-state index in [1.54, 1.807) is 39.2 Å². The number of imide groups is 1. The van der Waals surface area contributed by atoms with E-state index in [4.69, 9.17) is 35.3 Å². The van der Waals surface area contributed by atoms with Crippen LogP contribution < -0.4 is 15.4 Å². The van der Waals surface area contributed by atoms with Crippen molar-refractivity contribution in [3.63, 3.8) is 0 Å². The summed E-state index contributed by atoms with van der Waals surface area (Å²) in [6, 6.07) is 4.55. The number of alkyl carbamates (subject to hydrolysis) is 1. The molecule has 1 aromatic rings. The zero-order chi connectivity index (χ0) is 43.7. The van der Waals surface area contributed by atoms with Crippen molar-refractivity contribution in [1.82, 2.24) is 20.4 Å². The maximum atomic E-state index is 13.5. The lowest BCUT2D eigenvalue weighted by Crippen LogP contribution is -2.63. The van der Waals surface area contributed by atoms with E-state index in [2.05, 4.69) is 10.6 Å². The standard InChI is InChI=1S/C42H59ClN4O12/c1-25(21-28-16-17-29(43)30(22-28)55-7)13-12-14-32(56-8)42(54)24-31(57-40(53)45-42)26(2)38-41(4,59-38)33(23-34(48)44-5)58-39(52)27(3)46(6)35(49)15-10-9-11-20-47-36(50)18-19-37(47)51/h12-14,16-17,22,26-27,31-33,38,54H,9-11,15,18-21,23-24H2,1-8H3,(H,44,48)(H,45,53)/b14-12+,25-13+. The zero-order valence-electron chi connectivity index (χ0n) is 35.2. The summed E-state index contributed by atoms with van der Waals surface area (Å²) in [6.45, 7) is 7.28. The highest BCUT2D eigenvalue weighted by molar-refractivity contribution is 6.32. The van der Waals surface area contributed by atoms with E-state index in [9.17, 15) is 33.9 Å². The molecule has 3 saturated heterocycles. The van der Waals surface area contributed by atoms with Crippen molar-refractivity contribution in [2.24, 2.45) is 5.92 Å². The number of hydrogen-bond donors (Lipinski definition) is 3. The Balaban J connectivity index is 1.36. The van der Waals surface area contributed by atoms with Crippen molar-refractivity contribution in [2.75, 3.05) is 34.9 Å². The predicted octanol–water partition coefficient (Wildman–Crippen LogP) is 3.99. The minimum Gasteiger partial charge on any atom is -0.495 e. The van der Waals surface area contributed by atoms with Crippen LogP contribution in [0.3, 0.4) is 0 Å². The number of likely N-dealkylation sites (tertiary alicyclic amines) is 1. The van der Waals surface area contributed by atoms with Gasteiger partial charge in [0, 0.05) is 59.4 Å². The molecule has 8 atom stereocenters. The van der Waals surface area contributed by atoms with Gasteiger partial charge < -0.3 is 39.0 Å². The highest BCUT2D eigenvalue weighted by Gasteiger charge is 2.64. The van der Waals surface area contributed by atoms with Crippen LogP contribution in [-0.4, -0.2) is 127 Å². The molecule has 8 unspecified atom stereocenters. The Morgan fingerprint density at radius 2 is 1.83 bits per heavy atom. The van der Waals surface area contributed by atoms with Crippen molar-refractivity contribution >= 4 is 47.3 Å². The smallest absolute Gasteiger partial charge is 0.409 e. The molecule has 16 nitrogen and oxygen atoms in total. The number of esters is 1. The number of nitrogens with one attached hydrogen (secondary N) is 2. The normalized spacial score (nSPS) is 25.2. The van der Waals surface area contributed by atoms with E-state index in [1.807, 2.05) is 25.1 Å². The first-order chi connectivity index (χ1) is 27.9. The van der Waals surface area contributed by atoms with Crippen LogP contribution >= 0.6 is 11.6 Å². The van der Waals surface area contributed by atoms with Crippen LogP contribution in [0.25, 0.3) is 0 Å². The van der Waals surface area contributed by atoms with E-state index in [0.29, 0.717) is 43.0 Å². The number of carbonyl (C=O) groups excluding carboxylic acids is 6. The maximum absolute atomic E-state index is 13.5. The molecule has 0 saturated carbocycles. The Bertz CT molecular complexity index is 1770. The number of carbonyl (C=O) groups is 6. The monoisotopic (exact) mass is 846 g/mol. The van der Waals surface area contributed by atoms with Crippen molar-refractivity contribution in [2.45, 2.75) is 127 Å². The summed E-state index contributed by atoms with van der Waals surface area (Å²) in [5.74, 6) is -1.74. The lowest BCUT2D eigenvalue weighted by atomic mass is 9.83. The Labute approximate surface area is 350 Å². The molecule has 0 aliphatic carbocycles. The summed E-state index contributed by atoms with van der Waals surface area (Å²) >= 11 is 6.16. The third-order valence-electron chi connectivity index (χ3n) is 11.4. The molecule has 0 bridgehead atoms. The average Bonchev–Trinajstić information content (AvgIpc) is 3.80. The molecule has 3 aliphatic heterocycles. The summed E-state index contributed by atoms with van der Waals surface area (Å²) in [6.07, 6.45) is 3.46. The van der Waals surface area contributed by atoms with Crippen LogP contribution in [0, 0.1) is 5.92 Å². The number of nitrogens with zero attached hydrogens (tertiary/aromatic N) is 2. The van der Waals surface area contributed by atoms with E-state index >= 15 is 0 Å². The number of unbranched alkanes of at least 4 members (excludes halogenated alkanes) is 2. The predicted molar refractivity (Wildman–Crippen MR) is 216 cm³/mol. The summed E-state index contributed by atoms with van der Waals surface area (Å²) < 4.78 is 28.6. The van der Waals surface area contributed by atoms with Gasteiger partial charge in [-0.25, -0.2) is 9.59 Å². The molecule has 4 rings (SSSR count). The second kappa shape index (κ2) is 20.6. The Morgan fingerprint density at radius 3 is 2.47 bits per heavy atom. The SMILES string of the molecule is CNC(=O)CC(OC(=O)C(C)N(C)C(=O)CCCCCN1C(=O)CCC1=O)C1(C)OC1C(C)C1CC(O)(C(/C=C/C=C(\C)Cc2ccc(Cl)c(OC)c2)OC)NC(=O)O1. The fourth-order valence-electron chi connectivity index (χ4n) is 7.51. The van der Waals surface area contributed by atoms with Gasteiger partial charge in [-0.3, -0.25) is 29.4 Å². The molecule has 3 N–H and O–H groups in total. The number of amides is 5. The van der Waals surface area contributed by atoms with Crippen LogP contribution in [-0.2, 0) is 49.3 Å². The number of hydrogen-bond acceptors (Lipinski definition) is 12. The van der Waals surface area contributed by atoms with Crippen molar-refractivity contribution < 1.29 is 57.6 Å². The number of epoxide rings is 1. The van der Waals surface area contributed by atoms with E-state index in [0.717, 1.165) is 11.1 Å². The molecule has 3 fully saturated rings. The van der Waals surface area contributed by atoms with Crippen LogP contribution in [0.4, 0.5) is 4.79 Å². The summed E-state index contributed by atoms with van der Waals surface area (Å²) in [4.78, 5) is 78.2. The van der Waals surface area contributed by atoms with Crippen LogP contribution in [0.2, 0.25) is 5.02 Å². The number of rotatable bonds is 21. The number of aliphatic hydroxyl groups is 1. The summed E-state index contributed by atoms with van der Waals surface area (Å²) in [5, 5.41) is 17.3. The zero-order valence-corrected chi connectivity index (χ0v) is 36.0. The van der Waals surface area contributed by atoms with Gasteiger partial charge in [0.25, 0.3) is 0 Å². The Hall–Kier alpha value is -4.51. The molecule has 1 aromatic carbocycles. The van der Waals surface area contributed by atoms with Crippen LogP contribution in [0.1, 0.15) is 84.6 Å². The van der Waals surface area contributed by atoms with Crippen molar-refractivity contribution in [3.8, 4) is 5.75 Å². The lowest BCUT2D eigenvalue weighted by Gasteiger charge is -2.42. The van der Waals surface area contributed by atoms with Gasteiger partial charge in [0.15, 0.2) is 5.72 Å². The van der Waals surface area contributed by atoms with Gasteiger partial charge in [0.2, 0.25) is 23.6 Å². The minimum absolute atomic E-state index is 0.0791. The van der Waals surface area contributed by atoms with Crippen LogP contribution in [0.5, 0.6) is 5.75 Å². The highest BCUT2D eigenvalue weighted by atomic mass is 35.5. The minimum atomic E-state index is -1.86. The average molecular weight is 847 g/mol. The van der Waals surface area contributed by atoms with E-state index < -0.39 is 65.7 Å². The van der Waals surface area contributed by atoms with Gasteiger partial charge in [-0.2, -0.15) is 0 Å². The molecule has 0 spiro atoms. The molecule has 59 heavy (non-hydrogen) atoms. The molecule has 5 amide bonds. The Kier molecular flexibility index (Phi) is 16.5. The number of allylic oxidation sites excluding steroid dienone is 3. The lowest BCUT2D eigenvalue weighted by molar-refractivity contribution is -0.162. The van der Waals surface area contributed by atoms with Gasteiger partial charge in [-0.15, -0.1) is 0 Å². The van der Waals surface area contributed by atoms with Gasteiger partial charge in [-0.05, 0) is 57.7 Å². The number of methoxy groups -OCH3 is 2. The summed E-state index contributed by atoms with van der Waals surface area (Å²) in [7, 11) is 5.92. The quantitative estimate of drug-likeness (QED) is 0.0529. The topological polar surface area (TPSA) is 203 Å². The number of halogens is 1. The van der Waals surface area contributed by atoms with E-state index in [-0.39, 0.29) is 49.8 Å². The first-order valence-electron chi connectivity index (χ1n) is 19.9. The first kappa shape index (κ1) is 47.2. The first-order valence-corrected chi connectivity index (χ1v) is 20.3. The second-order valence-electron chi connectivity index (χ2n) is 15.7. The molecule has 3 aliphatic rings. The van der Waals surface area contributed by atoms with Gasteiger partial charge in [0.05, 0.1) is 24.7 Å². The highest BCUT2D eigenvalue weighted by Crippen LogP contribution is 2.48. The number of ether oxygens (including phenoxy) is 5. The Morgan fingerprint density at radius 1 is 1.14 bits per heavy atom. The number of cyclic esters (lactones) is 1. The second-order valence-corrected chi connectivity index (χ2v) is 16.1. The van der Waals surface area contributed by atoms with Crippen LogP contribution in [0.15, 0.2) is 42.0 Å². The van der Waals surface area contributed by atoms with Crippen molar-refractivity contribution in [1.29, 1.82) is 0 Å². The summed E-state index contributed by atoms with van der Waals surface area (Å²) in [5.41, 5.74) is -1.04. The largest absolute Gasteiger partial charge is 0.495 e. The van der Waals surface area contributed by atoms with Gasteiger partial charge >= 0.3 is 12.1 Å². The maximum Gasteiger partial charge on any atom is 0.409 e. The van der Waals surface area contributed by atoms with Gasteiger partial charge in [0.1, 0.15) is 35.7 Å². The third kappa shape index (κ3) is 12.0. The molecule has 3 heterocycles. The third-order valence-corrected chi connectivity index (χ3v) is 11.7. The molecule has 0 radical (unpaired) electrons. The number of likely N-dealkylation sites (N-methyl/N-ethyl adjacent to an activating group) is 1. The van der Waals surface area contributed by atoms with Gasteiger partial charge in [-0.1, -0.05) is 54.8 Å². The molecule has 326 valence electrons. The molecule has 17 heteroatoms. The fraction of sp³-hybridized carbons (Fsp3) is 0.619. The number of benzene rings is 1. The molecule has 0 aromatic heterocycles. The molecular formula is C42H59ClN4O12.